The summed E-state index contributed by atoms with van der Waals surface area (Å²) in [5, 5.41) is 15.7. The Morgan fingerprint density at radius 2 is 1.65 bits per heavy atom. The molecule has 0 saturated carbocycles. The van der Waals surface area contributed by atoms with Crippen LogP contribution in [0.5, 0.6) is 0 Å². The number of hydrogen-bond acceptors (Lipinski definition) is 6. The van der Waals surface area contributed by atoms with E-state index in [1.165, 1.54) is 12.1 Å². The van der Waals surface area contributed by atoms with E-state index in [0.29, 0.717) is 0 Å². The SMILES string of the molecule is CC(O)(C(=O)Nc1ccc(S(=O)(=O)Nc2ccccc2S(N)(=O)=O)cc1Cl)C(F)(F)F. The first-order valence-corrected chi connectivity index (χ1v) is 11.4. The van der Waals surface area contributed by atoms with Crippen molar-refractivity contribution in [3.05, 3.63) is 47.5 Å². The Kier molecular flexibility index (Phi) is 6.64. The third-order valence-electron chi connectivity index (χ3n) is 3.93. The topological polar surface area (TPSA) is 156 Å². The van der Waals surface area contributed by atoms with Crippen molar-refractivity contribution in [3.63, 3.8) is 0 Å². The van der Waals surface area contributed by atoms with Crippen molar-refractivity contribution in [1.82, 2.24) is 0 Å². The Labute approximate surface area is 180 Å². The van der Waals surface area contributed by atoms with E-state index in [1.807, 2.05) is 4.72 Å². The molecule has 2 rings (SSSR count). The number of hydrogen-bond donors (Lipinski definition) is 4. The number of aliphatic hydroxyl groups is 1. The molecule has 0 aliphatic rings. The summed E-state index contributed by atoms with van der Waals surface area (Å²) in [7, 11) is -8.67. The number of sulfonamides is 2. The van der Waals surface area contributed by atoms with Gasteiger partial charge in [-0.2, -0.15) is 13.2 Å². The summed E-state index contributed by atoms with van der Waals surface area (Å²) in [4.78, 5) is 10.8. The lowest BCUT2D eigenvalue weighted by molar-refractivity contribution is -0.242. The van der Waals surface area contributed by atoms with Crippen LogP contribution in [-0.2, 0) is 24.8 Å². The molecule has 5 N–H and O–H groups in total. The fraction of sp³-hybridized carbons (Fsp3) is 0.188. The summed E-state index contributed by atoms with van der Waals surface area (Å²) < 4.78 is 88.6. The molecule has 2 aromatic carbocycles. The van der Waals surface area contributed by atoms with Gasteiger partial charge in [-0.1, -0.05) is 23.7 Å². The van der Waals surface area contributed by atoms with Crippen molar-refractivity contribution >= 4 is 48.9 Å². The highest BCUT2D eigenvalue weighted by Crippen LogP contribution is 2.33. The zero-order valence-corrected chi connectivity index (χ0v) is 17.8. The smallest absolute Gasteiger partial charge is 0.373 e. The van der Waals surface area contributed by atoms with Crippen molar-refractivity contribution in [2.75, 3.05) is 10.0 Å². The van der Waals surface area contributed by atoms with E-state index in [4.69, 9.17) is 16.7 Å². The standard InChI is InChI=1S/C16H15ClF3N3O6S2/c1-15(25,16(18,19)20)14(24)22-11-7-6-9(8-10(11)17)31(28,29)23-12-4-2-3-5-13(12)30(21,26)27/h2-8,23,25H,1H3,(H,22,24)(H2,21,26,27). The molecule has 0 aliphatic carbocycles. The lowest BCUT2D eigenvalue weighted by atomic mass is 10.1. The molecular weight excluding hydrogens is 487 g/mol. The third-order valence-corrected chi connectivity index (χ3v) is 6.58. The molecule has 1 unspecified atom stereocenters. The van der Waals surface area contributed by atoms with Crippen LogP contribution in [0.25, 0.3) is 0 Å². The van der Waals surface area contributed by atoms with Crippen molar-refractivity contribution in [2.45, 2.75) is 28.5 Å². The average Bonchev–Trinajstić information content (AvgIpc) is 2.61. The number of para-hydroxylation sites is 1. The quantitative estimate of drug-likeness (QED) is 0.474. The van der Waals surface area contributed by atoms with Crippen molar-refractivity contribution in [2.24, 2.45) is 5.14 Å². The number of amides is 1. The molecule has 1 amide bonds. The molecule has 2 aromatic rings. The minimum absolute atomic E-state index is 0.238. The van der Waals surface area contributed by atoms with Gasteiger partial charge in [0.15, 0.2) is 0 Å². The van der Waals surface area contributed by atoms with E-state index in [-0.39, 0.29) is 12.6 Å². The molecule has 0 saturated heterocycles. The Hall–Kier alpha value is -2.39. The second-order valence-electron chi connectivity index (χ2n) is 6.31. The number of nitrogens with two attached hydrogens (primary N) is 1. The van der Waals surface area contributed by atoms with Gasteiger partial charge >= 0.3 is 6.18 Å². The highest BCUT2D eigenvalue weighted by molar-refractivity contribution is 7.93. The highest BCUT2D eigenvalue weighted by atomic mass is 35.5. The molecule has 1 atom stereocenters. The number of benzene rings is 2. The summed E-state index contributed by atoms with van der Waals surface area (Å²) in [6, 6.07) is 7.49. The maximum atomic E-state index is 12.7. The van der Waals surface area contributed by atoms with Gasteiger partial charge in [0.05, 0.1) is 21.3 Å². The highest BCUT2D eigenvalue weighted by Gasteiger charge is 2.55. The van der Waals surface area contributed by atoms with Crippen LogP contribution in [-0.4, -0.2) is 39.6 Å². The zero-order valence-electron chi connectivity index (χ0n) is 15.4. The molecule has 0 heterocycles. The van der Waals surface area contributed by atoms with E-state index in [1.54, 1.807) is 5.32 Å². The Balaban J connectivity index is 2.34. The molecule has 0 aromatic heterocycles. The first kappa shape index (κ1) is 24.9. The average molecular weight is 502 g/mol. The van der Waals surface area contributed by atoms with E-state index < -0.39 is 58.2 Å². The van der Waals surface area contributed by atoms with Gasteiger partial charge < -0.3 is 10.4 Å². The molecule has 0 bridgehead atoms. The molecule has 0 spiro atoms. The van der Waals surface area contributed by atoms with E-state index in [2.05, 4.69) is 0 Å². The number of anilines is 2. The lowest BCUT2D eigenvalue weighted by Crippen LogP contribution is -2.52. The summed E-state index contributed by atoms with van der Waals surface area (Å²) in [6.45, 7) is 0.238. The fourth-order valence-corrected chi connectivity index (χ4v) is 4.30. The number of nitrogens with one attached hydrogen (secondary N) is 2. The summed E-state index contributed by atoms with van der Waals surface area (Å²) >= 11 is 5.87. The van der Waals surface area contributed by atoms with Gasteiger partial charge in [0.25, 0.3) is 15.9 Å². The predicted octanol–water partition coefficient (Wildman–Crippen LogP) is 2.04. The van der Waals surface area contributed by atoms with Crippen molar-refractivity contribution in [3.8, 4) is 0 Å². The Morgan fingerprint density at radius 1 is 1.06 bits per heavy atom. The molecule has 31 heavy (non-hydrogen) atoms. The molecule has 9 nitrogen and oxygen atoms in total. The summed E-state index contributed by atoms with van der Waals surface area (Å²) in [5.74, 6) is -1.84. The minimum atomic E-state index is -5.27. The number of alkyl halides is 3. The predicted molar refractivity (Wildman–Crippen MR) is 105 cm³/mol. The van der Waals surface area contributed by atoms with Crippen molar-refractivity contribution in [1.29, 1.82) is 0 Å². The van der Waals surface area contributed by atoms with Gasteiger partial charge in [-0.3, -0.25) is 9.52 Å². The molecule has 0 radical (unpaired) electrons. The van der Waals surface area contributed by atoms with E-state index in [0.717, 1.165) is 30.3 Å². The maximum Gasteiger partial charge on any atom is 0.426 e. The minimum Gasteiger partial charge on any atom is -0.373 e. The molecule has 0 aliphatic heterocycles. The molecule has 0 fully saturated rings. The number of halogens is 4. The number of carbonyl (C=O) groups is 1. The molecule has 15 heteroatoms. The number of carbonyl (C=O) groups excluding carboxylic acids is 1. The van der Waals surface area contributed by atoms with Gasteiger partial charge in [-0.25, -0.2) is 22.0 Å². The lowest BCUT2D eigenvalue weighted by Gasteiger charge is -2.25. The summed E-state index contributed by atoms with van der Waals surface area (Å²) in [5.41, 5.74) is -4.47. The number of primary sulfonamides is 1. The zero-order chi connectivity index (χ0) is 23.8. The Morgan fingerprint density at radius 3 is 2.16 bits per heavy atom. The second-order valence-corrected chi connectivity index (χ2v) is 9.93. The van der Waals surface area contributed by atoms with E-state index in [9.17, 15) is 39.9 Å². The maximum absolute atomic E-state index is 12.7. The second kappa shape index (κ2) is 8.27. The van der Waals surface area contributed by atoms with Gasteiger partial charge in [0.2, 0.25) is 15.6 Å². The first-order valence-electron chi connectivity index (χ1n) is 8.01. The van der Waals surface area contributed by atoms with Gasteiger partial charge in [-0.05, 0) is 37.3 Å². The van der Waals surface area contributed by atoms with Gasteiger partial charge in [0.1, 0.15) is 4.90 Å². The molecular formula is C16H15ClF3N3O6S2. The van der Waals surface area contributed by atoms with Crippen LogP contribution in [0.3, 0.4) is 0 Å². The van der Waals surface area contributed by atoms with E-state index >= 15 is 0 Å². The summed E-state index contributed by atoms with van der Waals surface area (Å²) in [6.07, 6.45) is -5.27. The van der Waals surface area contributed by atoms with Crippen LogP contribution in [0.1, 0.15) is 6.92 Å². The van der Waals surface area contributed by atoms with Crippen LogP contribution in [0.2, 0.25) is 5.02 Å². The van der Waals surface area contributed by atoms with Gasteiger partial charge in [0, 0.05) is 0 Å². The fourth-order valence-electron chi connectivity index (χ4n) is 2.14. The number of rotatable bonds is 6. The normalized spacial score (nSPS) is 14.5. The van der Waals surface area contributed by atoms with Crippen LogP contribution < -0.4 is 15.2 Å². The van der Waals surface area contributed by atoms with Crippen LogP contribution >= 0.6 is 11.6 Å². The van der Waals surface area contributed by atoms with Crippen LogP contribution in [0.4, 0.5) is 24.5 Å². The van der Waals surface area contributed by atoms with Crippen molar-refractivity contribution < 1.29 is 39.9 Å². The first-order chi connectivity index (χ1) is 14.0. The van der Waals surface area contributed by atoms with Crippen LogP contribution in [0, 0.1) is 0 Å². The van der Waals surface area contributed by atoms with Gasteiger partial charge in [-0.15, -0.1) is 0 Å². The van der Waals surface area contributed by atoms with Crippen LogP contribution in [0.15, 0.2) is 52.3 Å². The molecule has 170 valence electrons. The largest absolute Gasteiger partial charge is 0.426 e. The Bertz CT molecular complexity index is 1230. The monoisotopic (exact) mass is 501 g/mol. The third kappa shape index (κ3) is 5.46.